The van der Waals surface area contributed by atoms with Crippen LogP contribution in [0.25, 0.3) is 0 Å². The Bertz CT molecular complexity index is 420. The first-order valence-electron chi connectivity index (χ1n) is 5.41. The molecule has 0 radical (unpaired) electrons. The van der Waals surface area contributed by atoms with Crippen molar-refractivity contribution in [1.29, 1.82) is 0 Å². The summed E-state index contributed by atoms with van der Waals surface area (Å²) in [6.45, 7) is 6.79. The second kappa shape index (κ2) is 6.25. The van der Waals surface area contributed by atoms with Crippen LogP contribution in [0, 0.1) is 0 Å². The molecule has 0 fully saturated rings. The maximum absolute atomic E-state index is 12.2. The highest BCUT2D eigenvalue weighted by atomic mass is 35.5. The van der Waals surface area contributed by atoms with Gasteiger partial charge in [0.1, 0.15) is 5.15 Å². The van der Waals surface area contributed by atoms with Crippen LogP contribution in [0.3, 0.4) is 0 Å². The van der Waals surface area contributed by atoms with E-state index < -0.39 is 0 Å². The lowest BCUT2D eigenvalue weighted by Crippen LogP contribution is -2.32. The van der Waals surface area contributed by atoms with Crippen LogP contribution >= 0.6 is 11.6 Å². The zero-order valence-corrected chi connectivity index (χ0v) is 10.6. The third kappa shape index (κ3) is 3.46. The largest absolute Gasteiger partial charge is 0.397 e. The number of hydrogen-bond donors (Lipinski definition) is 1. The van der Waals surface area contributed by atoms with Crippen LogP contribution in [0.5, 0.6) is 0 Å². The van der Waals surface area contributed by atoms with Crippen LogP contribution in [0.1, 0.15) is 23.7 Å². The third-order valence-corrected chi connectivity index (χ3v) is 2.47. The van der Waals surface area contributed by atoms with Crippen LogP contribution in [0.15, 0.2) is 24.9 Å². The number of nitrogen functional groups attached to an aromatic ring is 1. The first-order chi connectivity index (χ1) is 8.10. The van der Waals surface area contributed by atoms with Gasteiger partial charge in [-0.05, 0) is 12.5 Å². The summed E-state index contributed by atoms with van der Waals surface area (Å²) in [7, 11) is 0. The topological polar surface area (TPSA) is 59.2 Å². The summed E-state index contributed by atoms with van der Waals surface area (Å²) in [6.07, 6.45) is 3.96. The predicted octanol–water partition coefficient (Wildman–Crippen LogP) is 2.36. The van der Waals surface area contributed by atoms with Crippen molar-refractivity contribution in [3.05, 3.63) is 35.6 Å². The van der Waals surface area contributed by atoms with Crippen molar-refractivity contribution in [2.24, 2.45) is 0 Å². The van der Waals surface area contributed by atoms with Gasteiger partial charge in [0.15, 0.2) is 0 Å². The highest BCUT2D eigenvalue weighted by Gasteiger charge is 2.17. The van der Waals surface area contributed by atoms with Crippen LogP contribution in [-0.4, -0.2) is 28.9 Å². The lowest BCUT2D eigenvalue weighted by molar-refractivity contribution is 0.0775. The molecule has 92 valence electrons. The van der Waals surface area contributed by atoms with Crippen LogP contribution in [-0.2, 0) is 0 Å². The molecular formula is C12H16ClN3O. The maximum atomic E-state index is 12.2. The average Bonchev–Trinajstić information content (AvgIpc) is 2.31. The Morgan fingerprint density at radius 2 is 2.41 bits per heavy atom. The van der Waals surface area contributed by atoms with Gasteiger partial charge < -0.3 is 10.6 Å². The van der Waals surface area contributed by atoms with E-state index in [1.54, 1.807) is 11.0 Å². The first kappa shape index (κ1) is 13.5. The predicted molar refractivity (Wildman–Crippen MR) is 70.1 cm³/mol. The van der Waals surface area contributed by atoms with Crippen molar-refractivity contribution in [2.75, 3.05) is 18.8 Å². The molecule has 5 heteroatoms. The molecule has 1 aromatic heterocycles. The van der Waals surface area contributed by atoms with E-state index in [1.165, 1.54) is 12.3 Å². The number of anilines is 1. The van der Waals surface area contributed by atoms with Gasteiger partial charge >= 0.3 is 0 Å². The summed E-state index contributed by atoms with van der Waals surface area (Å²) < 4.78 is 0. The van der Waals surface area contributed by atoms with E-state index in [4.69, 9.17) is 17.3 Å². The van der Waals surface area contributed by atoms with E-state index in [-0.39, 0.29) is 11.1 Å². The monoisotopic (exact) mass is 253 g/mol. The average molecular weight is 254 g/mol. The van der Waals surface area contributed by atoms with Gasteiger partial charge in [-0.15, -0.1) is 6.58 Å². The van der Waals surface area contributed by atoms with E-state index in [9.17, 15) is 4.79 Å². The van der Waals surface area contributed by atoms with E-state index in [0.29, 0.717) is 24.3 Å². The summed E-state index contributed by atoms with van der Waals surface area (Å²) >= 11 is 5.76. The molecule has 4 nitrogen and oxygen atoms in total. The maximum Gasteiger partial charge on any atom is 0.256 e. The van der Waals surface area contributed by atoms with E-state index >= 15 is 0 Å². The summed E-state index contributed by atoms with van der Waals surface area (Å²) in [6, 6.07) is 1.49. The quantitative estimate of drug-likeness (QED) is 0.647. The van der Waals surface area contributed by atoms with Gasteiger partial charge in [0, 0.05) is 13.1 Å². The second-order valence-electron chi connectivity index (χ2n) is 3.63. The minimum Gasteiger partial charge on any atom is -0.397 e. The molecule has 2 N–H and O–H groups in total. The summed E-state index contributed by atoms with van der Waals surface area (Å²) in [5, 5.41) is 0.262. The molecule has 1 heterocycles. The van der Waals surface area contributed by atoms with Gasteiger partial charge in [-0.2, -0.15) is 0 Å². The summed E-state index contributed by atoms with van der Waals surface area (Å²) in [4.78, 5) is 17.7. The Morgan fingerprint density at radius 3 is 3.00 bits per heavy atom. The molecule has 0 aromatic carbocycles. The van der Waals surface area contributed by atoms with Crippen LogP contribution in [0.2, 0.25) is 5.15 Å². The molecule has 0 spiro atoms. The number of aromatic nitrogens is 1. The zero-order chi connectivity index (χ0) is 12.8. The number of halogens is 1. The van der Waals surface area contributed by atoms with Gasteiger partial charge in [-0.1, -0.05) is 24.6 Å². The number of hydrogen-bond acceptors (Lipinski definition) is 3. The Balaban J connectivity index is 2.99. The number of nitrogens with zero attached hydrogens (tertiary/aromatic N) is 2. The Morgan fingerprint density at radius 1 is 1.71 bits per heavy atom. The van der Waals surface area contributed by atoms with Gasteiger partial charge in [-0.3, -0.25) is 4.79 Å². The number of carbonyl (C=O) groups is 1. The molecule has 0 bridgehead atoms. The molecule has 17 heavy (non-hydrogen) atoms. The van der Waals surface area contributed by atoms with Crippen molar-refractivity contribution in [3.8, 4) is 0 Å². The van der Waals surface area contributed by atoms with Gasteiger partial charge in [-0.25, -0.2) is 4.98 Å². The molecule has 0 saturated carbocycles. The van der Waals surface area contributed by atoms with Crippen LogP contribution in [0.4, 0.5) is 5.69 Å². The molecule has 0 aliphatic carbocycles. The van der Waals surface area contributed by atoms with Gasteiger partial charge in [0.25, 0.3) is 5.91 Å². The molecule has 0 aliphatic heterocycles. The van der Waals surface area contributed by atoms with Gasteiger partial charge in [0.05, 0.1) is 17.4 Å². The lowest BCUT2D eigenvalue weighted by atomic mass is 10.2. The highest BCUT2D eigenvalue weighted by Crippen LogP contribution is 2.17. The van der Waals surface area contributed by atoms with Crippen LogP contribution < -0.4 is 5.73 Å². The number of nitrogens with two attached hydrogens (primary N) is 1. The summed E-state index contributed by atoms with van der Waals surface area (Å²) in [5.74, 6) is -0.145. The fourth-order valence-electron chi connectivity index (χ4n) is 1.50. The summed E-state index contributed by atoms with van der Waals surface area (Å²) in [5.41, 5.74) is 6.45. The highest BCUT2D eigenvalue weighted by molar-refractivity contribution is 6.29. The number of pyridine rings is 1. The van der Waals surface area contributed by atoms with Crippen molar-refractivity contribution >= 4 is 23.2 Å². The standard InChI is InChI=1S/C12H16ClN3O/c1-3-5-16(6-4-2)12(17)9-7-11(13)15-8-10(9)14/h3,7-8H,1,4-6,14H2,2H3. The second-order valence-corrected chi connectivity index (χ2v) is 4.02. The third-order valence-electron chi connectivity index (χ3n) is 2.26. The molecule has 0 unspecified atom stereocenters. The minimum absolute atomic E-state index is 0.145. The Hall–Kier alpha value is -1.55. The van der Waals surface area contributed by atoms with Crippen molar-refractivity contribution < 1.29 is 4.79 Å². The molecule has 0 atom stereocenters. The van der Waals surface area contributed by atoms with Crippen molar-refractivity contribution in [3.63, 3.8) is 0 Å². The first-order valence-corrected chi connectivity index (χ1v) is 5.79. The van der Waals surface area contributed by atoms with E-state index in [1.807, 2.05) is 6.92 Å². The zero-order valence-electron chi connectivity index (χ0n) is 9.82. The van der Waals surface area contributed by atoms with Crippen molar-refractivity contribution in [2.45, 2.75) is 13.3 Å². The fraction of sp³-hybridized carbons (Fsp3) is 0.333. The minimum atomic E-state index is -0.145. The molecule has 0 saturated heterocycles. The van der Waals surface area contributed by atoms with Crippen molar-refractivity contribution in [1.82, 2.24) is 9.88 Å². The Labute approximate surface area is 106 Å². The number of carbonyl (C=O) groups excluding carboxylic acids is 1. The smallest absolute Gasteiger partial charge is 0.256 e. The molecule has 0 aliphatic rings. The van der Waals surface area contributed by atoms with Gasteiger partial charge in [0.2, 0.25) is 0 Å². The Kier molecular flexibility index (Phi) is 4.97. The van der Waals surface area contributed by atoms with E-state index in [0.717, 1.165) is 6.42 Å². The molecular weight excluding hydrogens is 238 g/mol. The molecule has 1 amide bonds. The number of rotatable bonds is 5. The fourth-order valence-corrected chi connectivity index (χ4v) is 1.66. The van der Waals surface area contributed by atoms with E-state index in [2.05, 4.69) is 11.6 Å². The SMILES string of the molecule is C=CCN(CCC)C(=O)c1cc(Cl)ncc1N. The molecule has 1 rings (SSSR count). The normalized spacial score (nSPS) is 10.0. The number of amides is 1. The lowest BCUT2D eigenvalue weighted by Gasteiger charge is -2.21. The molecule has 1 aromatic rings.